The SMILES string of the molecule is Cc1[nH]cc(-c2ccc(C#N)cc2)c1C(=O)OCc1ccccc1. The highest BCUT2D eigenvalue weighted by Gasteiger charge is 2.19. The summed E-state index contributed by atoms with van der Waals surface area (Å²) in [5, 5.41) is 8.89. The number of H-pyrrole nitrogens is 1. The Labute approximate surface area is 140 Å². The van der Waals surface area contributed by atoms with Crippen molar-refractivity contribution in [2.75, 3.05) is 0 Å². The molecule has 1 aromatic heterocycles. The molecule has 3 rings (SSSR count). The van der Waals surface area contributed by atoms with Gasteiger partial charge in [-0.1, -0.05) is 42.5 Å². The molecule has 0 saturated carbocycles. The average Bonchev–Trinajstić information content (AvgIpc) is 3.02. The third-order valence-corrected chi connectivity index (χ3v) is 3.82. The topological polar surface area (TPSA) is 65.9 Å². The number of rotatable bonds is 4. The van der Waals surface area contributed by atoms with Crippen molar-refractivity contribution in [2.45, 2.75) is 13.5 Å². The normalized spacial score (nSPS) is 10.2. The minimum Gasteiger partial charge on any atom is -0.457 e. The van der Waals surface area contributed by atoms with E-state index in [0.29, 0.717) is 11.1 Å². The first-order valence-electron chi connectivity index (χ1n) is 7.58. The summed E-state index contributed by atoms with van der Waals surface area (Å²) in [6.45, 7) is 2.07. The van der Waals surface area contributed by atoms with Crippen molar-refractivity contribution in [1.29, 1.82) is 5.26 Å². The average molecular weight is 316 g/mol. The van der Waals surface area contributed by atoms with Crippen LogP contribution in [0.25, 0.3) is 11.1 Å². The van der Waals surface area contributed by atoms with E-state index in [9.17, 15) is 4.79 Å². The van der Waals surface area contributed by atoms with Crippen LogP contribution in [0.2, 0.25) is 0 Å². The van der Waals surface area contributed by atoms with Gasteiger partial charge >= 0.3 is 5.97 Å². The molecule has 0 bridgehead atoms. The maximum Gasteiger partial charge on any atom is 0.340 e. The summed E-state index contributed by atoms with van der Waals surface area (Å²) in [6.07, 6.45) is 1.79. The van der Waals surface area contributed by atoms with Crippen LogP contribution in [-0.2, 0) is 11.3 Å². The number of aromatic amines is 1. The van der Waals surface area contributed by atoms with Gasteiger partial charge in [-0.25, -0.2) is 4.79 Å². The van der Waals surface area contributed by atoms with Gasteiger partial charge in [-0.3, -0.25) is 0 Å². The first-order chi connectivity index (χ1) is 11.7. The van der Waals surface area contributed by atoms with Crippen molar-refractivity contribution in [3.05, 3.63) is 83.2 Å². The van der Waals surface area contributed by atoms with Gasteiger partial charge in [0.05, 0.1) is 17.2 Å². The van der Waals surface area contributed by atoms with Gasteiger partial charge in [-0.2, -0.15) is 5.26 Å². The Balaban J connectivity index is 1.84. The van der Waals surface area contributed by atoms with Crippen LogP contribution in [0, 0.1) is 18.3 Å². The Morgan fingerprint density at radius 3 is 2.50 bits per heavy atom. The zero-order valence-electron chi connectivity index (χ0n) is 13.2. The molecular formula is C20H16N2O2. The van der Waals surface area contributed by atoms with Gasteiger partial charge in [0.1, 0.15) is 6.61 Å². The summed E-state index contributed by atoms with van der Waals surface area (Å²) >= 11 is 0. The fourth-order valence-electron chi connectivity index (χ4n) is 2.54. The van der Waals surface area contributed by atoms with E-state index in [4.69, 9.17) is 10.00 Å². The third-order valence-electron chi connectivity index (χ3n) is 3.82. The maximum absolute atomic E-state index is 12.5. The molecule has 0 unspecified atom stereocenters. The second-order valence-electron chi connectivity index (χ2n) is 5.45. The molecule has 3 aromatic rings. The largest absolute Gasteiger partial charge is 0.457 e. The van der Waals surface area contributed by atoms with Crippen LogP contribution in [0.5, 0.6) is 0 Å². The second kappa shape index (κ2) is 6.84. The Morgan fingerprint density at radius 2 is 1.83 bits per heavy atom. The zero-order valence-corrected chi connectivity index (χ0v) is 13.2. The molecule has 0 radical (unpaired) electrons. The summed E-state index contributed by atoms with van der Waals surface area (Å²) in [7, 11) is 0. The van der Waals surface area contributed by atoms with Crippen molar-refractivity contribution in [2.24, 2.45) is 0 Å². The number of carbonyl (C=O) groups excluding carboxylic acids is 1. The molecule has 0 aliphatic carbocycles. The number of ether oxygens (including phenoxy) is 1. The molecular weight excluding hydrogens is 300 g/mol. The molecule has 0 atom stereocenters. The van der Waals surface area contributed by atoms with E-state index in [1.165, 1.54) is 0 Å². The lowest BCUT2D eigenvalue weighted by atomic mass is 10.0. The number of aromatic nitrogens is 1. The number of benzene rings is 2. The number of nitriles is 1. The molecule has 24 heavy (non-hydrogen) atoms. The monoisotopic (exact) mass is 316 g/mol. The Kier molecular flexibility index (Phi) is 4.44. The van der Waals surface area contributed by atoms with E-state index >= 15 is 0 Å². The van der Waals surface area contributed by atoms with Crippen molar-refractivity contribution >= 4 is 5.97 Å². The van der Waals surface area contributed by atoms with Crippen molar-refractivity contribution < 1.29 is 9.53 Å². The molecule has 0 aliphatic heterocycles. The van der Waals surface area contributed by atoms with E-state index < -0.39 is 0 Å². The van der Waals surface area contributed by atoms with Gasteiger partial charge in [0.2, 0.25) is 0 Å². The molecule has 118 valence electrons. The van der Waals surface area contributed by atoms with Crippen molar-refractivity contribution in [3.63, 3.8) is 0 Å². The highest BCUT2D eigenvalue weighted by atomic mass is 16.5. The van der Waals surface area contributed by atoms with Crippen LogP contribution in [0.3, 0.4) is 0 Å². The van der Waals surface area contributed by atoms with Crippen LogP contribution >= 0.6 is 0 Å². The van der Waals surface area contributed by atoms with Gasteiger partial charge in [-0.15, -0.1) is 0 Å². The molecule has 4 nitrogen and oxygen atoms in total. The van der Waals surface area contributed by atoms with E-state index in [1.54, 1.807) is 18.3 Å². The van der Waals surface area contributed by atoms with Gasteiger partial charge in [-0.05, 0) is 30.2 Å². The van der Waals surface area contributed by atoms with Crippen LogP contribution in [0.4, 0.5) is 0 Å². The summed E-state index contributed by atoms with van der Waals surface area (Å²) < 4.78 is 5.45. The number of hydrogen-bond donors (Lipinski definition) is 1. The van der Waals surface area contributed by atoms with Gasteiger partial charge in [0.25, 0.3) is 0 Å². The minimum absolute atomic E-state index is 0.233. The Morgan fingerprint density at radius 1 is 1.12 bits per heavy atom. The molecule has 2 aromatic carbocycles. The Hall–Kier alpha value is -3.32. The summed E-state index contributed by atoms with van der Waals surface area (Å²) in [5.74, 6) is -0.364. The summed E-state index contributed by atoms with van der Waals surface area (Å²) in [6, 6.07) is 18.8. The van der Waals surface area contributed by atoms with E-state index in [0.717, 1.165) is 22.4 Å². The fourth-order valence-corrected chi connectivity index (χ4v) is 2.54. The van der Waals surface area contributed by atoms with Gasteiger partial charge < -0.3 is 9.72 Å². The molecule has 0 saturated heterocycles. The summed E-state index contributed by atoms with van der Waals surface area (Å²) in [5.41, 5.74) is 4.45. The van der Waals surface area contributed by atoms with Gasteiger partial charge in [0.15, 0.2) is 0 Å². The molecule has 0 aliphatic rings. The summed E-state index contributed by atoms with van der Waals surface area (Å²) in [4.78, 5) is 15.6. The lowest BCUT2D eigenvalue weighted by Gasteiger charge is -2.07. The fraction of sp³-hybridized carbons (Fsp3) is 0.100. The molecule has 1 heterocycles. The highest BCUT2D eigenvalue weighted by molar-refractivity contribution is 5.98. The maximum atomic E-state index is 12.5. The molecule has 0 spiro atoms. The van der Waals surface area contributed by atoms with E-state index in [-0.39, 0.29) is 12.6 Å². The number of carbonyl (C=O) groups is 1. The quantitative estimate of drug-likeness (QED) is 0.733. The number of hydrogen-bond acceptors (Lipinski definition) is 3. The molecule has 0 fully saturated rings. The number of nitrogens with zero attached hydrogens (tertiary/aromatic N) is 1. The number of nitrogens with one attached hydrogen (secondary N) is 1. The smallest absolute Gasteiger partial charge is 0.340 e. The van der Waals surface area contributed by atoms with Crippen molar-refractivity contribution in [3.8, 4) is 17.2 Å². The first-order valence-corrected chi connectivity index (χ1v) is 7.58. The third kappa shape index (κ3) is 3.21. The lowest BCUT2D eigenvalue weighted by Crippen LogP contribution is -2.07. The predicted octanol–water partition coefficient (Wildman–Crippen LogP) is 4.22. The second-order valence-corrected chi connectivity index (χ2v) is 5.45. The minimum atomic E-state index is -0.364. The van der Waals surface area contributed by atoms with Crippen molar-refractivity contribution in [1.82, 2.24) is 4.98 Å². The van der Waals surface area contributed by atoms with Crippen LogP contribution in [-0.4, -0.2) is 11.0 Å². The molecule has 1 N–H and O–H groups in total. The number of aryl methyl sites for hydroxylation is 1. The van der Waals surface area contributed by atoms with Crippen LogP contribution < -0.4 is 0 Å². The zero-order chi connectivity index (χ0) is 16.9. The molecule has 0 amide bonds. The Bertz CT molecular complexity index is 888. The highest BCUT2D eigenvalue weighted by Crippen LogP contribution is 2.27. The molecule has 4 heteroatoms. The van der Waals surface area contributed by atoms with Crippen LogP contribution in [0.15, 0.2) is 60.8 Å². The van der Waals surface area contributed by atoms with Gasteiger partial charge in [0, 0.05) is 17.5 Å². The predicted molar refractivity (Wildman–Crippen MR) is 91.2 cm³/mol. The van der Waals surface area contributed by atoms with E-state index in [1.807, 2.05) is 49.4 Å². The first kappa shape index (κ1) is 15.6. The number of esters is 1. The standard InChI is InChI=1S/C20H16N2O2/c1-14-19(20(23)24-13-16-5-3-2-4-6-16)18(12-22-14)17-9-7-15(11-21)8-10-17/h2-10,12,22H,13H2,1H3. The van der Waals surface area contributed by atoms with E-state index in [2.05, 4.69) is 11.1 Å². The van der Waals surface area contributed by atoms with Crippen LogP contribution in [0.1, 0.15) is 27.2 Å². The lowest BCUT2D eigenvalue weighted by molar-refractivity contribution is 0.0473.